The molecule has 0 radical (unpaired) electrons. The largest absolute Gasteiger partial charge is 0.370 e. The van der Waals surface area contributed by atoms with E-state index in [0.717, 1.165) is 17.0 Å². The smallest absolute Gasteiger partial charge is 0.267 e. The lowest BCUT2D eigenvalue weighted by Gasteiger charge is -2.33. The van der Waals surface area contributed by atoms with E-state index in [1.54, 1.807) is 15.6 Å². The van der Waals surface area contributed by atoms with Crippen LogP contribution in [-0.4, -0.2) is 50.1 Å². The summed E-state index contributed by atoms with van der Waals surface area (Å²) in [5, 5.41) is 8.75. The van der Waals surface area contributed by atoms with Crippen molar-refractivity contribution in [2.24, 2.45) is 0 Å². The van der Waals surface area contributed by atoms with E-state index in [2.05, 4.69) is 10.2 Å². The highest BCUT2D eigenvalue weighted by Crippen LogP contribution is 2.22. The summed E-state index contributed by atoms with van der Waals surface area (Å²) in [5.41, 5.74) is 2.48. The molecule has 3 aromatic rings. The third-order valence-corrected chi connectivity index (χ3v) is 4.95. The average Bonchev–Trinajstić information content (AvgIpc) is 3.08. The number of amides is 1. The summed E-state index contributed by atoms with van der Waals surface area (Å²) >= 11 is 0. The van der Waals surface area contributed by atoms with Crippen molar-refractivity contribution < 1.29 is 9.53 Å². The zero-order chi connectivity index (χ0) is 20.4. The minimum atomic E-state index is -0.323. The number of hydrogen-bond donors (Lipinski definition) is 0. The fourth-order valence-electron chi connectivity index (χ4n) is 3.50. The predicted octanol–water partition coefficient (Wildman–Crippen LogP) is 1.65. The Hall–Kier alpha value is -3.26. The zero-order valence-electron chi connectivity index (χ0n) is 16.5. The Kier molecular flexibility index (Phi) is 5.26. The fourth-order valence-corrected chi connectivity index (χ4v) is 3.50. The highest BCUT2D eigenvalue weighted by atomic mass is 16.5. The van der Waals surface area contributed by atoms with Gasteiger partial charge < -0.3 is 9.64 Å². The summed E-state index contributed by atoms with van der Waals surface area (Å²) in [4.78, 5) is 26.9. The van der Waals surface area contributed by atoms with Crippen LogP contribution in [0, 0.1) is 13.8 Å². The number of benzene rings is 1. The SMILES string of the molecule is Cc1cc(C)n(-c2ccc(=O)n(CC(=O)N3CCOC(c4ccccc4)C3)n2)n1. The quantitative estimate of drug-likeness (QED) is 0.673. The van der Waals surface area contributed by atoms with E-state index >= 15 is 0 Å². The second kappa shape index (κ2) is 8.00. The van der Waals surface area contributed by atoms with E-state index in [9.17, 15) is 9.59 Å². The number of aromatic nitrogens is 4. The molecule has 2 aromatic heterocycles. The molecule has 1 fully saturated rings. The van der Waals surface area contributed by atoms with E-state index in [1.807, 2.05) is 50.2 Å². The molecule has 1 atom stereocenters. The summed E-state index contributed by atoms with van der Waals surface area (Å²) in [5.74, 6) is 0.349. The Morgan fingerprint density at radius 3 is 2.66 bits per heavy atom. The van der Waals surface area contributed by atoms with Gasteiger partial charge in [0.25, 0.3) is 5.56 Å². The molecule has 1 saturated heterocycles. The minimum absolute atomic E-state index is 0.118. The number of nitrogens with zero attached hydrogens (tertiary/aromatic N) is 5. The van der Waals surface area contributed by atoms with Gasteiger partial charge in [-0.05, 0) is 31.5 Å². The summed E-state index contributed by atoms with van der Waals surface area (Å²) < 4.78 is 8.68. The number of hydrogen-bond acceptors (Lipinski definition) is 5. The lowest BCUT2D eigenvalue weighted by Crippen LogP contribution is -2.45. The van der Waals surface area contributed by atoms with E-state index in [-0.39, 0.29) is 24.1 Å². The van der Waals surface area contributed by atoms with Crippen LogP contribution in [0.2, 0.25) is 0 Å². The molecule has 0 spiro atoms. The number of rotatable bonds is 4. The second-order valence-corrected chi connectivity index (χ2v) is 7.14. The number of aryl methyl sites for hydroxylation is 2. The molecule has 8 heteroatoms. The third-order valence-electron chi connectivity index (χ3n) is 4.95. The summed E-state index contributed by atoms with van der Waals surface area (Å²) in [7, 11) is 0. The molecule has 1 unspecified atom stereocenters. The van der Waals surface area contributed by atoms with E-state index in [4.69, 9.17) is 4.74 Å². The maximum absolute atomic E-state index is 12.9. The monoisotopic (exact) mass is 393 g/mol. The van der Waals surface area contributed by atoms with Gasteiger partial charge in [0.2, 0.25) is 5.91 Å². The highest BCUT2D eigenvalue weighted by molar-refractivity contribution is 5.76. The Balaban J connectivity index is 1.51. The molecule has 3 heterocycles. The van der Waals surface area contributed by atoms with Crippen LogP contribution < -0.4 is 5.56 Å². The van der Waals surface area contributed by atoms with Gasteiger partial charge in [-0.25, -0.2) is 9.36 Å². The molecule has 0 saturated carbocycles. The molecule has 29 heavy (non-hydrogen) atoms. The third kappa shape index (κ3) is 4.12. The van der Waals surface area contributed by atoms with Crippen LogP contribution in [0.5, 0.6) is 0 Å². The molecule has 1 aliphatic heterocycles. The Morgan fingerprint density at radius 2 is 1.93 bits per heavy atom. The van der Waals surface area contributed by atoms with Crippen molar-refractivity contribution in [2.45, 2.75) is 26.5 Å². The molecule has 1 amide bonds. The Morgan fingerprint density at radius 1 is 1.14 bits per heavy atom. The van der Waals surface area contributed by atoms with Gasteiger partial charge >= 0.3 is 0 Å². The lowest BCUT2D eigenvalue weighted by molar-refractivity contribution is -0.139. The summed E-state index contributed by atoms with van der Waals surface area (Å²) in [6, 6.07) is 14.8. The molecular weight excluding hydrogens is 370 g/mol. The first kappa shape index (κ1) is 19.1. The van der Waals surface area contributed by atoms with Gasteiger partial charge in [-0.3, -0.25) is 9.59 Å². The van der Waals surface area contributed by atoms with Crippen molar-refractivity contribution in [2.75, 3.05) is 19.7 Å². The van der Waals surface area contributed by atoms with Crippen LogP contribution in [0.3, 0.4) is 0 Å². The fraction of sp³-hybridized carbons (Fsp3) is 0.333. The molecular formula is C21H23N5O3. The van der Waals surface area contributed by atoms with Crippen molar-refractivity contribution in [3.05, 3.63) is 75.8 Å². The van der Waals surface area contributed by atoms with E-state index in [0.29, 0.717) is 25.5 Å². The van der Waals surface area contributed by atoms with Gasteiger partial charge in [-0.15, -0.1) is 5.10 Å². The molecule has 4 rings (SSSR count). The molecule has 0 bridgehead atoms. The Bertz CT molecular complexity index is 1070. The molecule has 1 aromatic carbocycles. The number of morpholine rings is 1. The summed E-state index contributed by atoms with van der Waals surface area (Å²) in [6.45, 7) is 5.10. The first-order chi connectivity index (χ1) is 14.0. The molecule has 1 aliphatic rings. The maximum Gasteiger partial charge on any atom is 0.267 e. The van der Waals surface area contributed by atoms with Gasteiger partial charge in [0.1, 0.15) is 12.6 Å². The van der Waals surface area contributed by atoms with Gasteiger partial charge in [0.05, 0.1) is 18.8 Å². The molecule has 8 nitrogen and oxygen atoms in total. The first-order valence-electron chi connectivity index (χ1n) is 9.57. The second-order valence-electron chi connectivity index (χ2n) is 7.14. The van der Waals surface area contributed by atoms with E-state index in [1.165, 1.54) is 10.7 Å². The molecule has 150 valence electrons. The van der Waals surface area contributed by atoms with Crippen molar-refractivity contribution >= 4 is 5.91 Å². The molecule has 0 N–H and O–H groups in total. The standard InChI is InChI=1S/C21H23N5O3/c1-15-12-16(2)26(22-15)19-8-9-20(27)25(23-19)14-21(28)24-10-11-29-18(13-24)17-6-4-3-5-7-17/h3-9,12,18H,10-11,13-14H2,1-2H3. The van der Waals surface area contributed by atoms with Gasteiger partial charge in [-0.1, -0.05) is 30.3 Å². The lowest BCUT2D eigenvalue weighted by atomic mass is 10.1. The van der Waals surface area contributed by atoms with Crippen molar-refractivity contribution in [1.29, 1.82) is 0 Å². The number of ether oxygens (including phenoxy) is 1. The summed E-state index contributed by atoms with van der Waals surface area (Å²) in [6.07, 6.45) is -0.167. The van der Waals surface area contributed by atoms with Crippen LogP contribution in [0.15, 0.2) is 53.3 Å². The average molecular weight is 393 g/mol. The van der Waals surface area contributed by atoms with Gasteiger partial charge in [-0.2, -0.15) is 5.10 Å². The van der Waals surface area contributed by atoms with Gasteiger partial charge in [0.15, 0.2) is 5.82 Å². The predicted molar refractivity (Wildman–Crippen MR) is 107 cm³/mol. The highest BCUT2D eigenvalue weighted by Gasteiger charge is 2.25. The van der Waals surface area contributed by atoms with Crippen LogP contribution >= 0.6 is 0 Å². The number of carbonyl (C=O) groups excluding carboxylic acids is 1. The normalized spacial score (nSPS) is 16.8. The zero-order valence-corrected chi connectivity index (χ0v) is 16.5. The van der Waals surface area contributed by atoms with Crippen LogP contribution in [0.4, 0.5) is 0 Å². The Labute approximate surface area is 168 Å². The van der Waals surface area contributed by atoms with Crippen molar-refractivity contribution in [1.82, 2.24) is 24.5 Å². The van der Waals surface area contributed by atoms with Crippen LogP contribution in [-0.2, 0) is 16.1 Å². The van der Waals surface area contributed by atoms with E-state index < -0.39 is 0 Å². The topological polar surface area (TPSA) is 82.2 Å². The minimum Gasteiger partial charge on any atom is -0.370 e. The van der Waals surface area contributed by atoms with Crippen LogP contribution in [0.1, 0.15) is 23.1 Å². The van der Waals surface area contributed by atoms with Crippen molar-refractivity contribution in [3.63, 3.8) is 0 Å². The van der Waals surface area contributed by atoms with Crippen LogP contribution in [0.25, 0.3) is 5.82 Å². The van der Waals surface area contributed by atoms with Crippen molar-refractivity contribution in [3.8, 4) is 5.82 Å². The van der Waals surface area contributed by atoms with Gasteiger partial charge in [0, 0.05) is 18.3 Å². The number of carbonyl (C=O) groups is 1. The first-order valence-corrected chi connectivity index (χ1v) is 9.57. The molecule has 0 aliphatic carbocycles. The maximum atomic E-state index is 12.9.